The van der Waals surface area contributed by atoms with E-state index in [-0.39, 0.29) is 6.61 Å². The van der Waals surface area contributed by atoms with E-state index in [9.17, 15) is 9.59 Å². The molecule has 0 aliphatic heterocycles. The Balaban J connectivity index is 3.67. The van der Waals surface area contributed by atoms with Crippen molar-refractivity contribution in [1.29, 1.82) is 0 Å². The minimum absolute atomic E-state index is 0.0840. The molecule has 0 bridgehead atoms. The first-order valence-electron chi connectivity index (χ1n) is 3.04. The van der Waals surface area contributed by atoms with Crippen LogP contribution in [0.5, 0.6) is 0 Å². The standard InChI is InChI=1S/C7H8O5/c8-4-1-5-12-7(11)3-2-6(9)10/h1-4,8H,5H2,(H,9,10). The van der Waals surface area contributed by atoms with E-state index in [4.69, 9.17) is 10.2 Å². The summed E-state index contributed by atoms with van der Waals surface area (Å²) in [6, 6.07) is 0. The highest BCUT2D eigenvalue weighted by Gasteiger charge is 1.95. The summed E-state index contributed by atoms with van der Waals surface area (Å²) >= 11 is 0. The summed E-state index contributed by atoms with van der Waals surface area (Å²) in [7, 11) is 0. The lowest BCUT2D eigenvalue weighted by Crippen LogP contribution is -2.01. The van der Waals surface area contributed by atoms with Gasteiger partial charge in [0, 0.05) is 12.2 Å². The van der Waals surface area contributed by atoms with E-state index in [1.165, 1.54) is 6.08 Å². The summed E-state index contributed by atoms with van der Waals surface area (Å²) in [6.45, 7) is -0.0840. The van der Waals surface area contributed by atoms with Crippen LogP contribution in [-0.2, 0) is 14.3 Å². The van der Waals surface area contributed by atoms with Crippen LogP contribution in [0.3, 0.4) is 0 Å². The van der Waals surface area contributed by atoms with Crippen molar-refractivity contribution in [1.82, 2.24) is 0 Å². The highest BCUT2D eigenvalue weighted by Crippen LogP contribution is 1.82. The Morgan fingerprint density at radius 2 is 2.00 bits per heavy atom. The number of hydrogen-bond acceptors (Lipinski definition) is 4. The number of aliphatic hydroxyl groups excluding tert-OH is 1. The van der Waals surface area contributed by atoms with E-state index < -0.39 is 11.9 Å². The molecular weight excluding hydrogens is 164 g/mol. The van der Waals surface area contributed by atoms with E-state index >= 15 is 0 Å². The molecule has 66 valence electrons. The van der Waals surface area contributed by atoms with Crippen molar-refractivity contribution in [2.24, 2.45) is 0 Å². The summed E-state index contributed by atoms with van der Waals surface area (Å²) in [5.74, 6) is -1.99. The molecule has 2 N–H and O–H groups in total. The summed E-state index contributed by atoms with van der Waals surface area (Å²) in [5.41, 5.74) is 0. The van der Waals surface area contributed by atoms with Crippen LogP contribution < -0.4 is 0 Å². The van der Waals surface area contributed by atoms with Gasteiger partial charge in [0.25, 0.3) is 0 Å². The molecule has 0 saturated heterocycles. The Labute approximate surface area is 68.6 Å². The van der Waals surface area contributed by atoms with Crippen LogP contribution in [0.25, 0.3) is 0 Å². The molecule has 0 radical (unpaired) electrons. The minimum Gasteiger partial charge on any atom is -0.516 e. The maximum atomic E-state index is 10.5. The van der Waals surface area contributed by atoms with Crippen LogP contribution in [0.1, 0.15) is 0 Å². The first-order valence-corrected chi connectivity index (χ1v) is 3.04. The Morgan fingerprint density at radius 3 is 2.50 bits per heavy atom. The van der Waals surface area contributed by atoms with Gasteiger partial charge >= 0.3 is 11.9 Å². The molecular formula is C7H8O5. The van der Waals surface area contributed by atoms with Crippen molar-refractivity contribution in [3.8, 4) is 0 Å². The van der Waals surface area contributed by atoms with Gasteiger partial charge in [-0.25, -0.2) is 9.59 Å². The normalized spacial score (nSPS) is 10.7. The molecule has 0 aromatic rings. The fourth-order valence-corrected chi connectivity index (χ4v) is 0.361. The van der Waals surface area contributed by atoms with Gasteiger partial charge in [0.2, 0.25) is 0 Å². The zero-order valence-electron chi connectivity index (χ0n) is 6.14. The average Bonchev–Trinajstić information content (AvgIpc) is 2.01. The third-order valence-corrected chi connectivity index (χ3v) is 0.789. The van der Waals surface area contributed by atoms with Crippen LogP contribution in [-0.4, -0.2) is 28.8 Å². The Bertz CT molecular complexity index is 216. The number of carboxylic acid groups (broad SMARTS) is 1. The van der Waals surface area contributed by atoms with E-state index in [0.717, 1.165) is 12.3 Å². The lowest BCUT2D eigenvalue weighted by molar-refractivity contribution is -0.137. The molecule has 5 heteroatoms. The Hall–Kier alpha value is -1.78. The fourth-order valence-electron chi connectivity index (χ4n) is 0.361. The van der Waals surface area contributed by atoms with E-state index in [1.54, 1.807) is 0 Å². The molecule has 0 aliphatic rings. The largest absolute Gasteiger partial charge is 0.516 e. The third kappa shape index (κ3) is 6.34. The highest BCUT2D eigenvalue weighted by atomic mass is 16.5. The fraction of sp³-hybridized carbons (Fsp3) is 0.143. The molecule has 0 aliphatic carbocycles. The second-order valence-electron chi connectivity index (χ2n) is 1.69. The zero-order chi connectivity index (χ0) is 9.40. The second kappa shape index (κ2) is 5.96. The molecule has 0 unspecified atom stereocenters. The van der Waals surface area contributed by atoms with Crippen LogP contribution in [0.4, 0.5) is 0 Å². The van der Waals surface area contributed by atoms with Crippen LogP contribution in [0.2, 0.25) is 0 Å². The number of hydrogen-bond donors (Lipinski definition) is 2. The number of aliphatic carboxylic acids is 1. The number of carbonyl (C=O) groups is 2. The van der Waals surface area contributed by atoms with Crippen molar-refractivity contribution >= 4 is 11.9 Å². The highest BCUT2D eigenvalue weighted by molar-refractivity contribution is 5.90. The molecule has 0 aromatic carbocycles. The average molecular weight is 172 g/mol. The quantitative estimate of drug-likeness (QED) is 0.360. The molecule has 0 atom stereocenters. The van der Waals surface area contributed by atoms with Crippen LogP contribution in [0.15, 0.2) is 24.5 Å². The van der Waals surface area contributed by atoms with Crippen molar-refractivity contribution in [2.45, 2.75) is 0 Å². The molecule has 0 aromatic heterocycles. The number of esters is 1. The van der Waals surface area contributed by atoms with Gasteiger partial charge in [0.1, 0.15) is 6.61 Å². The number of carboxylic acids is 1. The van der Waals surface area contributed by atoms with Crippen LogP contribution in [0, 0.1) is 0 Å². The van der Waals surface area contributed by atoms with Gasteiger partial charge in [-0.15, -0.1) is 0 Å². The predicted octanol–water partition coefficient (Wildman–Crippen LogP) is 0.242. The van der Waals surface area contributed by atoms with Crippen LogP contribution >= 0.6 is 0 Å². The van der Waals surface area contributed by atoms with E-state index in [0.29, 0.717) is 6.08 Å². The zero-order valence-corrected chi connectivity index (χ0v) is 6.14. The number of rotatable bonds is 4. The van der Waals surface area contributed by atoms with Crippen molar-refractivity contribution in [2.75, 3.05) is 6.61 Å². The smallest absolute Gasteiger partial charge is 0.331 e. The SMILES string of the molecule is O=C(O)C=CC(=O)OCC=CO. The summed E-state index contributed by atoms with van der Waals surface area (Å²) in [4.78, 5) is 20.4. The predicted molar refractivity (Wildman–Crippen MR) is 39.5 cm³/mol. The molecule has 5 nitrogen and oxygen atoms in total. The second-order valence-corrected chi connectivity index (χ2v) is 1.69. The van der Waals surface area contributed by atoms with Gasteiger partial charge in [0.15, 0.2) is 0 Å². The van der Waals surface area contributed by atoms with Gasteiger partial charge in [-0.3, -0.25) is 0 Å². The maximum absolute atomic E-state index is 10.5. The van der Waals surface area contributed by atoms with Gasteiger partial charge in [-0.1, -0.05) is 0 Å². The molecule has 0 heterocycles. The van der Waals surface area contributed by atoms with Crippen molar-refractivity contribution < 1.29 is 24.5 Å². The molecule has 0 spiro atoms. The van der Waals surface area contributed by atoms with E-state index in [1.807, 2.05) is 0 Å². The maximum Gasteiger partial charge on any atom is 0.331 e. The molecule has 0 amide bonds. The van der Waals surface area contributed by atoms with Crippen molar-refractivity contribution in [3.63, 3.8) is 0 Å². The summed E-state index contributed by atoms with van der Waals surface area (Å²) < 4.78 is 4.40. The number of carbonyl (C=O) groups excluding carboxylic acids is 1. The van der Waals surface area contributed by atoms with Gasteiger partial charge < -0.3 is 14.9 Å². The summed E-state index contributed by atoms with van der Waals surface area (Å²) in [5, 5.41) is 16.2. The lowest BCUT2D eigenvalue weighted by atomic mass is 10.5. The lowest BCUT2D eigenvalue weighted by Gasteiger charge is -1.93. The Morgan fingerprint density at radius 1 is 1.33 bits per heavy atom. The van der Waals surface area contributed by atoms with Gasteiger partial charge in [-0.2, -0.15) is 0 Å². The molecule has 0 rings (SSSR count). The topological polar surface area (TPSA) is 83.8 Å². The number of ether oxygens (including phenoxy) is 1. The molecule has 0 saturated carbocycles. The minimum atomic E-state index is -1.22. The summed E-state index contributed by atoms with van der Waals surface area (Å²) in [6.07, 6.45) is 3.39. The first kappa shape index (κ1) is 10.2. The van der Waals surface area contributed by atoms with Crippen molar-refractivity contribution in [3.05, 3.63) is 24.5 Å². The Kier molecular flexibility index (Phi) is 5.08. The third-order valence-electron chi connectivity index (χ3n) is 0.789. The number of aliphatic hydroxyl groups is 1. The van der Waals surface area contributed by atoms with Gasteiger partial charge in [-0.05, 0) is 6.08 Å². The van der Waals surface area contributed by atoms with Gasteiger partial charge in [0.05, 0.1) is 6.26 Å². The molecule has 12 heavy (non-hydrogen) atoms. The first-order chi connectivity index (χ1) is 5.66. The molecule has 0 fully saturated rings. The monoisotopic (exact) mass is 172 g/mol. The van der Waals surface area contributed by atoms with E-state index in [2.05, 4.69) is 4.74 Å².